The van der Waals surface area contributed by atoms with Crippen LogP contribution in [-0.2, 0) is 0 Å². The van der Waals surface area contributed by atoms with Gasteiger partial charge in [-0.1, -0.05) is 255 Å². The summed E-state index contributed by atoms with van der Waals surface area (Å²) in [4.78, 5) is 9.90. The van der Waals surface area contributed by atoms with Crippen molar-refractivity contribution in [2.75, 3.05) is 19.6 Å². The molecule has 0 spiro atoms. The van der Waals surface area contributed by atoms with Crippen LogP contribution >= 0.6 is 0 Å². The maximum Gasteiger partial charge on any atom is 0.0495 e. The smallest absolute Gasteiger partial charge is 0.0495 e. The van der Waals surface area contributed by atoms with Gasteiger partial charge in [0.25, 0.3) is 0 Å². The molecule has 482 valence electrons. The fraction of sp³-hybridized carbons (Fsp3) is 0.0625. The number of hydrogen-bond donors (Lipinski definition) is 0. The zero-order valence-electron chi connectivity index (χ0n) is 57.4. The second-order valence-corrected chi connectivity index (χ2v) is 26.1. The minimum Gasteiger partial charge on any atom is -0.310 e. The standard InChI is InChI=1S/C96H78N4/c1-67-58-94(70(4)55-91(67)97(85-49-25-43-79(61-85)73-31-13-7-14-32-73)86-50-26-44-80(62-86)74-33-15-8-16-34-74)100(95-59-68(2)92(56-71(95)5)98(87-51-27-45-81(63-87)75-35-17-9-18-36-75)88-52-28-46-82(64-88)76-37-19-10-20-38-76)96-60-69(3)93(57-72(96)6)99(89-53-29-47-83(65-89)77-39-21-11-22-40-77)90-54-30-48-84(66-90)78-41-23-12-24-42-78/h7-66H,1-6H3. The molecule has 15 aromatic carbocycles. The zero-order chi connectivity index (χ0) is 68.1. The number of hydrogen-bond acceptors (Lipinski definition) is 4. The van der Waals surface area contributed by atoms with Crippen LogP contribution in [0, 0.1) is 41.5 Å². The first-order chi connectivity index (χ1) is 49.1. The van der Waals surface area contributed by atoms with Crippen molar-refractivity contribution in [1.29, 1.82) is 0 Å². The molecule has 0 saturated heterocycles. The first-order valence-corrected chi connectivity index (χ1v) is 34.5. The SMILES string of the molecule is Cc1cc(N(c2cc(C)c(N(c3cccc(-c4ccccc4)c3)c3cccc(-c4ccccc4)c3)cc2C)c2cc(C)c(N(c3cccc(-c4ccccc4)c3)c3cccc(-c4ccccc4)c3)cc2C)c(C)cc1N(c1cccc(-c2ccccc2)c1)c1cccc(-c2ccccc2)c1. The second-order valence-electron chi connectivity index (χ2n) is 26.1. The lowest BCUT2D eigenvalue weighted by atomic mass is 9.97. The Hall–Kier alpha value is -12.5. The maximum atomic E-state index is 2.55. The van der Waals surface area contributed by atoms with E-state index in [1.807, 2.05) is 0 Å². The van der Waals surface area contributed by atoms with E-state index in [0.717, 1.165) is 135 Å². The summed E-state index contributed by atoms with van der Waals surface area (Å²) in [5.74, 6) is 0. The number of aryl methyl sites for hydroxylation is 6. The molecule has 0 N–H and O–H groups in total. The quantitative estimate of drug-likeness (QED) is 0.0849. The highest BCUT2D eigenvalue weighted by Gasteiger charge is 2.28. The maximum absolute atomic E-state index is 2.55. The lowest BCUT2D eigenvalue weighted by Crippen LogP contribution is -2.18. The van der Waals surface area contributed by atoms with E-state index in [1.54, 1.807) is 0 Å². The summed E-state index contributed by atoms with van der Waals surface area (Å²) in [5.41, 5.74) is 33.7. The van der Waals surface area contributed by atoms with Crippen molar-refractivity contribution in [3.05, 3.63) is 397 Å². The van der Waals surface area contributed by atoms with Gasteiger partial charge in [-0.2, -0.15) is 0 Å². The fourth-order valence-electron chi connectivity index (χ4n) is 14.2. The summed E-state index contributed by atoms with van der Waals surface area (Å²) in [6, 6.07) is 133. The Morgan fingerprint density at radius 3 is 0.430 bits per heavy atom. The highest BCUT2D eigenvalue weighted by atomic mass is 15.2. The fourth-order valence-corrected chi connectivity index (χ4v) is 14.2. The van der Waals surface area contributed by atoms with E-state index in [0.29, 0.717) is 0 Å². The van der Waals surface area contributed by atoms with Crippen molar-refractivity contribution in [3.8, 4) is 66.8 Å². The molecule has 0 unspecified atom stereocenters. The summed E-state index contributed by atoms with van der Waals surface area (Å²) in [6.07, 6.45) is 0. The van der Waals surface area contributed by atoms with Gasteiger partial charge in [0, 0.05) is 68.2 Å². The van der Waals surface area contributed by atoms with Crippen LogP contribution in [0.3, 0.4) is 0 Å². The minimum atomic E-state index is 1.07. The van der Waals surface area contributed by atoms with Gasteiger partial charge in [0.2, 0.25) is 0 Å². The molecule has 0 aliphatic carbocycles. The second kappa shape index (κ2) is 28.3. The molecule has 15 aromatic rings. The first kappa shape index (κ1) is 63.5. The normalized spacial score (nSPS) is 11.1. The van der Waals surface area contributed by atoms with E-state index in [-0.39, 0.29) is 0 Å². The zero-order valence-corrected chi connectivity index (χ0v) is 57.4. The number of anilines is 12. The van der Waals surface area contributed by atoms with Crippen molar-refractivity contribution in [3.63, 3.8) is 0 Å². The van der Waals surface area contributed by atoms with Gasteiger partial charge >= 0.3 is 0 Å². The monoisotopic (exact) mass is 1290 g/mol. The summed E-state index contributed by atoms with van der Waals surface area (Å²) >= 11 is 0. The van der Waals surface area contributed by atoms with Crippen molar-refractivity contribution in [2.45, 2.75) is 41.5 Å². The molecular weight excluding hydrogens is 1210 g/mol. The van der Waals surface area contributed by atoms with Gasteiger partial charge in [-0.3, -0.25) is 0 Å². The molecule has 0 aliphatic rings. The molecule has 0 fully saturated rings. The lowest BCUT2D eigenvalue weighted by Gasteiger charge is -2.35. The predicted octanol–water partition coefficient (Wildman–Crippen LogP) is 27.4. The van der Waals surface area contributed by atoms with Gasteiger partial charge in [-0.05, 0) is 251 Å². The van der Waals surface area contributed by atoms with Crippen LogP contribution in [0.1, 0.15) is 33.4 Å². The lowest BCUT2D eigenvalue weighted by molar-refractivity contribution is 1.16. The van der Waals surface area contributed by atoms with Crippen LogP contribution in [0.2, 0.25) is 0 Å². The van der Waals surface area contributed by atoms with Crippen LogP contribution < -0.4 is 19.6 Å². The van der Waals surface area contributed by atoms with Gasteiger partial charge in [0.05, 0.1) is 0 Å². The van der Waals surface area contributed by atoms with Crippen LogP contribution in [0.5, 0.6) is 0 Å². The van der Waals surface area contributed by atoms with Gasteiger partial charge in [0.1, 0.15) is 0 Å². The molecule has 15 rings (SSSR count). The molecule has 0 saturated carbocycles. The average molecular weight is 1290 g/mol. The van der Waals surface area contributed by atoms with Crippen molar-refractivity contribution in [1.82, 2.24) is 0 Å². The Morgan fingerprint density at radius 2 is 0.270 bits per heavy atom. The number of benzene rings is 15. The average Bonchev–Trinajstić information content (AvgIpc) is 0.747. The molecule has 0 heterocycles. The molecule has 100 heavy (non-hydrogen) atoms. The van der Waals surface area contributed by atoms with Gasteiger partial charge in [-0.15, -0.1) is 0 Å². The largest absolute Gasteiger partial charge is 0.310 e. The van der Waals surface area contributed by atoms with E-state index >= 15 is 0 Å². The number of rotatable bonds is 18. The molecule has 0 atom stereocenters. The Balaban J connectivity index is 0.931. The van der Waals surface area contributed by atoms with Crippen LogP contribution in [0.15, 0.2) is 364 Å². The third-order valence-electron chi connectivity index (χ3n) is 19.3. The molecule has 4 heteroatoms. The Bertz CT molecular complexity index is 4600. The summed E-state index contributed by atoms with van der Waals surface area (Å²) < 4.78 is 0. The van der Waals surface area contributed by atoms with E-state index in [4.69, 9.17) is 0 Å². The molecule has 0 aromatic heterocycles. The number of nitrogens with zero attached hydrogens (tertiary/aromatic N) is 4. The third kappa shape index (κ3) is 13.1. The Morgan fingerprint density at radius 1 is 0.130 bits per heavy atom. The molecule has 0 aliphatic heterocycles. The van der Waals surface area contributed by atoms with Gasteiger partial charge in [-0.25, -0.2) is 0 Å². The van der Waals surface area contributed by atoms with Crippen LogP contribution in [-0.4, -0.2) is 0 Å². The Labute approximate surface area is 589 Å². The topological polar surface area (TPSA) is 13.0 Å². The van der Waals surface area contributed by atoms with Crippen molar-refractivity contribution < 1.29 is 0 Å². The van der Waals surface area contributed by atoms with E-state index in [2.05, 4.69) is 425 Å². The molecule has 0 amide bonds. The molecule has 4 nitrogen and oxygen atoms in total. The van der Waals surface area contributed by atoms with Crippen LogP contribution in [0.4, 0.5) is 68.2 Å². The highest BCUT2D eigenvalue weighted by molar-refractivity contribution is 5.93. The summed E-state index contributed by atoms with van der Waals surface area (Å²) in [5, 5.41) is 0. The Kier molecular flexibility index (Phi) is 18.0. The van der Waals surface area contributed by atoms with Crippen molar-refractivity contribution >= 4 is 68.2 Å². The predicted molar refractivity (Wildman–Crippen MR) is 426 cm³/mol. The third-order valence-corrected chi connectivity index (χ3v) is 19.3. The minimum absolute atomic E-state index is 1.07. The summed E-state index contributed by atoms with van der Waals surface area (Å²) in [7, 11) is 0. The van der Waals surface area contributed by atoms with Crippen LogP contribution in [0.25, 0.3) is 66.8 Å². The van der Waals surface area contributed by atoms with Gasteiger partial charge < -0.3 is 19.6 Å². The molecular formula is C96H78N4. The van der Waals surface area contributed by atoms with E-state index in [1.165, 1.54) is 33.4 Å². The van der Waals surface area contributed by atoms with E-state index < -0.39 is 0 Å². The van der Waals surface area contributed by atoms with E-state index in [9.17, 15) is 0 Å². The summed E-state index contributed by atoms with van der Waals surface area (Å²) in [6.45, 7) is 13.7. The molecule has 0 bridgehead atoms. The first-order valence-electron chi connectivity index (χ1n) is 34.5. The molecule has 0 radical (unpaired) electrons. The van der Waals surface area contributed by atoms with Gasteiger partial charge in [0.15, 0.2) is 0 Å². The van der Waals surface area contributed by atoms with Crippen molar-refractivity contribution in [2.24, 2.45) is 0 Å². The highest BCUT2D eigenvalue weighted by Crippen LogP contribution is 2.51.